The Morgan fingerprint density at radius 2 is 1.67 bits per heavy atom. The maximum atomic E-state index is 5.78. The third-order valence-corrected chi connectivity index (χ3v) is 5.30. The van der Waals surface area contributed by atoms with Gasteiger partial charge in [0.15, 0.2) is 0 Å². The largest absolute Gasteiger partial charge is 0.330 e. The van der Waals surface area contributed by atoms with E-state index in [1.165, 1.54) is 58.2 Å². The highest BCUT2D eigenvalue weighted by Gasteiger charge is 2.30. The summed E-state index contributed by atoms with van der Waals surface area (Å²) in [4.78, 5) is 2.66. The predicted octanol–water partition coefficient (Wildman–Crippen LogP) is 3.65. The van der Waals surface area contributed by atoms with E-state index in [9.17, 15) is 0 Å². The van der Waals surface area contributed by atoms with Crippen molar-refractivity contribution >= 4 is 0 Å². The fourth-order valence-electron chi connectivity index (χ4n) is 3.09. The zero-order valence-electron chi connectivity index (χ0n) is 13.1. The van der Waals surface area contributed by atoms with Gasteiger partial charge < -0.3 is 10.6 Å². The summed E-state index contributed by atoms with van der Waals surface area (Å²) in [6, 6.07) is 0. The zero-order valence-corrected chi connectivity index (χ0v) is 13.1. The highest BCUT2D eigenvalue weighted by molar-refractivity contribution is 4.84. The lowest BCUT2D eigenvalue weighted by molar-refractivity contribution is 0.0920. The van der Waals surface area contributed by atoms with E-state index in [4.69, 9.17) is 5.73 Å². The second kappa shape index (κ2) is 6.91. The Labute approximate surface area is 114 Å². The highest BCUT2D eigenvalue weighted by Crippen LogP contribution is 2.37. The molecular formula is C16H34N2. The average Bonchev–Trinajstić information content (AvgIpc) is 2.40. The number of likely N-dealkylation sites (tertiary alicyclic amines) is 1. The van der Waals surface area contributed by atoms with Crippen molar-refractivity contribution in [2.75, 3.05) is 26.2 Å². The third kappa shape index (κ3) is 4.55. The van der Waals surface area contributed by atoms with Crippen molar-refractivity contribution in [3.05, 3.63) is 0 Å². The molecule has 1 heterocycles. The molecule has 0 amide bonds. The van der Waals surface area contributed by atoms with Crippen molar-refractivity contribution in [1.29, 1.82) is 0 Å². The monoisotopic (exact) mass is 254 g/mol. The minimum Gasteiger partial charge on any atom is -0.330 e. The number of piperidine rings is 1. The number of rotatable bonds is 7. The van der Waals surface area contributed by atoms with E-state index < -0.39 is 0 Å². The molecular weight excluding hydrogens is 220 g/mol. The summed E-state index contributed by atoms with van der Waals surface area (Å²) in [5.74, 6) is 0. The van der Waals surface area contributed by atoms with Crippen LogP contribution < -0.4 is 5.73 Å². The Balaban J connectivity index is 2.24. The van der Waals surface area contributed by atoms with E-state index in [1.807, 2.05) is 0 Å². The number of hydrogen-bond acceptors (Lipinski definition) is 2. The predicted molar refractivity (Wildman–Crippen MR) is 80.8 cm³/mol. The molecule has 0 bridgehead atoms. The first-order valence-electron chi connectivity index (χ1n) is 7.89. The van der Waals surface area contributed by atoms with Crippen LogP contribution in [0.25, 0.3) is 0 Å². The van der Waals surface area contributed by atoms with Gasteiger partial charge in [-0.15, -0.1) is 0 Å². The van der Waals surface area contributed by atoms with Gasteiger partial charge >= 0.3 is 0 Å². The van der Waals surface area contributed by atoms with Crippen LogP contribution in [-0.2, 0) is 0 Å². The van der Waals surface area contributed by atoms with Crippen molar-refractivity contribution in [1.82, 2.24) is 4.90 Å². The topological polar surface area (TPSA) is 29.3 Å². The van der Waals surface area contributed by atoms with E-state index in [2.05, 4.69) is 32.6 Å². The molecule has 1 saturated heterocycles. The number of hydrogen-bond donors (Lipinski definition) is 1. The van der Waals surface area contributed by atoms with Crippen LogP contribution in [0.4, 0.5) is 0 Å². The highest BCUT2D eigenvalue weighted by atomic mass is 15.1. The average molecular weight is 254 g/mol. The molecule has 0 atom stereocenters. The fraction of sp³-hybridized carbons (Fsp3) is 1.00. The van der Waals surface area contributed by atoms with E-state index >= 15 is 0 Å². The van der Waals surface area contributed by atoms with Crippen LogP contribution in [0.2, 0.25) is 0 Å². The molecule has 1 fully saturated rings. The lowest BCUT2D eigenvalue weighted by Crippen LogP contribution is -2.40. The van der Waals surface area contributed by atoms with Crippen molar-refractivity contribution in [2.24, 2.45) is 16.6 Å². The van der Waals surface area contributed by atoms with Gasteiger partial charge in [-0.2, -0.15) is 0 Å². The lowest BCUT2D eigenvalue weighted by atomic mass is 9.74. The minimum absolute atomic E-state index is 0.326. The van der Waals surface area contributed by atoms with Crippen molar-refractivity contribution in [2.45, 2.75) is 66.2 Å². The van der Waals surface area contributed by atoms with Crippen LogP contribution in [0.3, 0.4) is 0 Å². The maximum absolute atomic E-state index is 5.78. The van der Waals surface area contributed by atoms with E-state index in [1.54, 1.807) is 0 Å². The molecule has 1 aliphatic heterocycles. The molecule has 0 saturated carbocycles. The first kappa shape index (κ1) is 16.0. The Morgan fingerprint density at radius 1 is 1.11 bits per heavy atom. The molecule has 2 N–H and O–H groups in total. The van der Waals surface area contributed by atoms with Gasteiger partial charge in [-0.3, -0.25) is 0 Å². The molecule has 2 nitrogen and oxygen atoms in total. The molecule has 2 heteroatoms. The van der Waals surface area contributed by atoms with Gasteiger partial charge in [0.05, 0.1) is 0 Å². The van der Waals surface area contributed by atoms with Crippen LogP contribution in [0.15, 0.2) is 0 Å². The standard InChI is InChI=1S/C16H34N2/c1-5-16(6-2)9-12-18(13-10-16)11-7-8-15(3,4)14-17/h5-14,17H2,1-4H3. The molecule has 18 heavy (non-hydrogen) atoms. The van der Waals surface area contributed by atoms with Gasteiger partial charge in [-0.1, -0.05) is 40.5 Å². The summed E-state index contributed by atoms with van der Waals surface area (Å²) in [6.45, 7) is 14.0. The van der Waals surface area contributed by atoms with Crippen LogP contribution in [0.5, 0.6) is 0 Å². The van der Waals surface area contributed by atoms with Gasteiger partial charge in [0.1, 0.15) is 0 Å². The van der Waals surface area contributed by atoms with Crippen LogP contribution in [0, 0.1) is 10.8 Å². The molecule has 1 rings (SSSR count). The molecule has 0 aromatic heterocycles. The maximum Gasteiger partial charge on any atom is -0.00134 e. The van der Waals surface area contributed by atoms with Crippen LogP contribution in [-0.4, -0.2) is 31.1 Å². The first-order valence-corrected chi connectivity index (χ1v) is 7.89. The molecule has 0 aromatic rings. The lowest BCUT2D eigenvalue weighted by Gasteiger charge is -2.41. The normalized spacial score (nSPS) is 21.2. The van der Waals surface area contributed by atoms with Crippen LogP contribution >= 0.6 is 0 Å². The van der Waals surface area contributed by atoms with Crippen molar-refractivity contribution in [3.8, 4) is 0 Å². The smallest absolute Gasteiger partial charge is 0.00134 e. The van der Waals surface area contributed by atoms with Crippen molar-refractivity contribution in [3.63, 3.8) is 0 Å². The summed E-state index contributed by atoms with van der Waals surface area (Å²) < 4.78 is 0. The van der Waals surface area contributed by atoms with Gasteiger partial charge in [0.25, 0.3) is 0 Å². The van der Waals surface area contributed by atoms with E-state index in [-0.39, 0.29) is 0 Å². The minimum atomic E-state index is 0.326. The fourth-order valence-corrected chi connectivity index (χ4v) is 3.09. The molecule has 1 aliphatic rings. The zero-order chi connectivity index (χ0) is 13.6. The summed E-state index contributed by atoms with van der Waals surface area (Å²) >= 11 is 0. The molecule has 0 unspecified atom stereocenters. The van der Waals surface area contributed by atoms with Gasteiger partial charge in [0.2, 0.25) is 0 Å². The number of nitrogens with two attached hydrogens (primary N) is 1. The Kier molecular flexibility index (Phi) is 6.13. The molecule has 0 aromatic carbocycles. The van der Waals surface area contributed by atoms with Crippen molar-refractivity contribution < 1.29 is 0 Å². The molecule has 0 aliphatic carbocycles. The summed E-state index contributed by atoms with van der Waals surface area (Å²) in [7, 11) is 0. The SMILES string of the molecule is CCC1(CC)CCN(CCCC(C)(C)CN)CC1. The van der Waals surface area contributed by atoms with Gasteiger partial charge in [-0.05, 0) is 62.7 Å². The molecule has 0 radical (unpaired) electrons. The van der Waals surface area contributed by atoms with Crippen LogP contribution in [0.1, 0.15) is 66.2 Å². The third-order valence-electron chi connectivity index (χ3n) is 5.30. The number of nitrogens with zero attached hydrogens (tertiary/aromatic N) is 1. The summed E-state index contributed by atoms with van der Waals surface area (Å²) in [5, 5.41) is 0. The molecule has 0 spiro atoms. The Bertz CT molecular complexity index is 221. The second-order valence-corrected chi connectivity index (χ2v) is 7.02. The van der Waals surface area contributed by atoms with E-state index in [0.717, 1.165) is 6.54 Å². The Hall–Kier alpha value is -0.0800. The van der Waals surface area contributed by atoms with E-state index in [0.29, 0.717) is 10.8 Å². The molecule has 108 valence electrons. The van der Waals surface area contributed by atoms with Gasteiger partial charge in [0, 0.05) is 0 Å². The summed E-state index contributed by atoms with van der Waals surface area (Å²) in [5.41, 5.74) is 6.77. The van der Waals surface area contributed by atoms with Gasteiger partial charge in [-0.25, -0.2) is 0 Å². The quantitative estimate of drug-likeness (QED) is 0.751. The summed E-state index contributed by atoms with van der Waals surface area (Å²) in [6.07, 6.45) is 8.08. The first-order chi connectivity index (χ1) is 8.47. The second-order valence-electron chi connectivity index (χ2n) is 7.02. The Morgan fingerprint density at radius 3 is 2.11 bits per heavy atom.